The van der Waals surface area contributed by atoms with Gasteiger partial charge in [-0.05, 0) is 31.4 Å². The lowest BCUT2D eigenvalue weighted by Gasteiger charge is -2.26. The Bertz CT molecular complexity index is 542. The second-order valence-electron chi connectivity index (χ2n) is 5.44. The van der Waals surface area contributed by atoms with E-state index in [0.29, 0.717) is 11.1 Å². The van der Waals surface area contributed by atoms with Crippen LogP contribution in [-0.2, 0) is 11.3 Å². The summed E-state index contributed by atoms with van der Waals surface area (Å²) in [6, 6.07) is 6.22. The molecule has 106 valence electrons. The third-order valence-corrected chi connectivity index (χ3v) is 4.34. The molecule has 1 aromatic carbocycles. The lowest BCUT2D eigenvalue weighted by molar-refractivity contribution is -0.131. The van der Waals surface area contributed by atoms with Crippen LogP contribution in [0.1, 0.15) is 50.2 Å². The number of nitrogens with one attached hydrogen (secondary N) is 1. The second-order valence-corrected chi connectivity index (χ2v) is 5.44. The summed E-state index contributed by atoms with van der Waals surface area (Å²) in [5.41, 5.74) is 0.447. The van der Waals surface area contributed by atoms with E-state index in [1.807, 2.05) is 13.0 Å². The first-order valence-corrected chi connectivity index (χ1v) is 7.08. The highest BCUT2D eigenvalue weighted by Crippen LogP contribution is 2.41. The van der Waals surface area contributed by atoms with Gasteiger partial charge in [-0.15, -0.1) is 0 Å². The van der Waals surface area contributed by atoms with Gasteiger partial charge in [0.1, 0.15) is 5.82 Å². The van der Waals surface area contributed by atoms with Crippen LogP contribution < -0.4 is 5.32 Å². The Morgan fingerprint density at radius 3 is 2.70 bits per heavy atom. The lowest BCUT2D eigenvalue weighted by Crippen LogP contribution is -2.38. The van der Waals surface area contributed by atoms with Crippen molar-refractivity contribution in [2.24, 2.45) is 5.41 Å². The molecule has 1 saturated carbocycles. The minimum Gasteiger partial charge on any atom is -0.351 e. The van der Waals surface area contributed by atoms with Gasteiger partial charge in [0.05, 0.1) is 11.6 Å². The Morgan fingerprint density at radius 1 is 1.45 bits per heavy atom. The van der Waals surface area contributed by atoms with Crippen molar-refractivity contribution in [3.8, 4) is 6.07 Å². The van der Waals surface area contributed by atoms with Crippen molar-refractivity contribution in [1.29, 1.82) is 5.26 Å². The summed E-state index contributed by atoms with van der Waals surface area (Å²) >= 11 is 0. The fourth-order valence-electron chi connectivity index (χ4n) is 2.92. The Hall–Kier alpha value is -1.89. The van der Waals surface area contributed by atoms with Crippen LogP contribution in [0.25, 0.3) is 0 Å². The maximum absolute atomic E-state index is 13.7. The first-order chi connectivity index (χ1) is 9.61. The zero-order valence-electron chi connectivity index (χ0n) is 11.7. The van der Waals surface area contributed by atoms with E-state index in [4.69, 9.17) is 5.26 Å². The molecule has 1 amide bonds. The highest BCUT2D eigenvalue weighted by atomic mass is 19.1. The minimum absolute atomic E-state index is 0.0289. The molecule has 1 aliphatic rings. The van der Waals surface area contributed by atoms with Gasteiger partial charge in [-0.1, -0.05) is 25.8 Å². The molecule has 1 N–H and O–H groups in total. The van der Waals surface area contributed by atoms with E-state index in [0.717, 1.165) is 32.1 Å². The minimum atomic E-state index is -0.443. The summed E-state index contributed by atoms with van der Waals surface area (Å²) in [6.45, 7) is 2.21. The molecule has 0 saturated heterocycles. The topological polar surface area (TPSA) is 52.9 Å². The molecular weight excluding hydrogens is 255 g/mol. The average molecular weight is 274 g/mol. The predicted octanol–water partition coefficient (Wildman–Crippen LogP) is 3.28. The van der Waals surface area contributed by atoms with Crippen molar-refractivity contribution in [3.05, 3.63) is 35.1 Å². The lowest BCUT2D eigenvalue weighted by atomic mass is 9.82. The molecule has 1 fully saturated rings. The van der Waals surface area contributed by atoms with Crippen LogP contribution in [-0.4, -0.2) is 5.91 Å². The van der Waals surface area contributed by atoms with Crippen LogP contribution in [0.3, 0.4) is 0 Å². The van der Waals surface area contributed by atoms with E-state index in [-0.39, 0.29) is 17.9 Å². The summed E-state index contributed by atoms with van der Waals surface area (Å²) in [5, 5.41) is 11.5. The van der Waals surface area contributed by atoms with Gasteiger partial charge in [0.2, 0.25) is 5.91 Å². The molecule has 0 aromatic heterocycles. The van der Waals surface area contributed by atoms with E-state index >= 15 is 0 Å². The number of rotatable bonds is 4. The van der Waals surface area contributed by atoms with E-state index in [1.165, 1.54) is 6.07 Å². The molecule has 1 aliphatic carbocycles. The van der Waals surface area contributed by atoms with Gasteiger partial charge in [0.15, 0.2) is 0 Å². The van der Waals surface area contributed by atoms with Crippen molar-refractivity contribution in [1.82, 2.24) is 5.32 Å². The van der Waals surface area contributed by atoms with Gasteiger partial charge in [-0.2, -0.15) is 5.26 Å². The summed E-state index contributed by atoms with van der Waals surface area (Å²) in [7, 11) is 0. The molecule has 0 unspecified atom stereocenters. The number of carbonyl (C=O) groups excluding carboxylic acids is 1. The molecular formula is C16H19FN2O. The highest BCUT2D eigenvalue weighted by molar-refractivity contribution is 5.82. The molecule has 0 bridgehead atoms. The largest absolute Gasteiger partial charge is 0.351 e. The summed E-state index contributed by atoms with van der Waals surface area (Å²) < 4.78 is 13.7. The number of benzene rings is 1. The number of nitriles is 1. The molecule has 20 heavy (non-hydrogen) atoms. The predicted molar refractivity (Wildman–Crippen MR) is 74.2 cm³/mol. The zero-order chi connectivity index (χ0) is 14.6. The Labute approximate surface area is 118 Å². The van der Waals surface area contributed by atoms with Gasteiger partial charge in [0.25, 0.3) is 0 Å². The molecule has 3 nitrogen and oxygen atoms in total. The van der Waals surface area contributed by atoms with E-state index < -0.39 is 5.82 Å². The van der Waals surface area contributed by atoms with Crippen molar-refractivity contribution >= 4 is 5.91 Å². The zero-order valence-corrected chi connectivity index (χ0v) is 11.7. The summed E-state index contributed by atoms with van der Waals surface area (Å²) in [6.07, 6.45) is 4.85. The number of hydrogen-bond donors (Lipinski definition) is 1. The van der Waals surface area contributed by atoms with Crippen molar-refractivity contribution in [2.75, 3.05) is 0 Å². The molecule has 0 aliphatic heterocycles. The van der Waals surface area contributed by atoms with Gasteiger partial charge in [0, 0.05) is 17.5 Å². The molecule has 0 radical (unpaired) electrons. The Balaban J connectivity index is 2.02. The monoisotopic (exact) mass is 274 g/mol. The van der Waals surface area contributed by atoms with E-state index in [1.54, 1.807) is 12.1 Å². The molecule has 4 heteroatoms. The maximum atomic E-state index is 13.7. The Morgan fingerprint density at radius 2 is 2.15 bits per heavy atom. The standard InChI is InChI=1S/C16H19FN2O/c1-2-16(7-3-4-8-16)15(20)19-11-13-6-5-12(10-18)9-14(13)17/h5-6,9H,2-4,7-8,11H2,1H3,(H,19,20). The van der Waals surface area contributed by atoms with Crippen LogP contribution in [0.2, 0.25) is 0 Å². The smallest absolute Gasteiger partial charge is 0.226 e. The summed E-state index contributed by atoms with van der Waals surface area (Å²) in [4.78, 5) is 12.3. The first kappa shape index (κ1) is 14.5. The first-order valence-electron chi connectivity index (χ1n) is 7.08. The fraction of sp³-hybridized carbons (Fsp3) is 0.500. The quantitative estimate of drug-likeness (QED) is 0.916. The number of hydrogen-bond acceptors (Lipinski definition) is 2. The molecule has 2 rings (SSSR count). The van der Waals surface area contributed by atoms with E-state index in [2.05, 4.69) is 5.32 Å². The third-order valence-electron chi connectivity index (χ3n) is 4.34. The molecule has 0 spiro atoms. The second kappa shape index (κ2) is 6.04. The summed E-state index contributed by atoms with van der Waals surface area (Å²) in [5.74, 6) is -0.414. The van der Waals surface area contributed by atoms with Crippen LogP contribution in [0, 0.1) is 22.6 Å². The van der Waals surface area contributed by atoms with Crippen LogP contribution in [0.5, 0.6) is 0 Å². The average Bonchev–Trinajstić information content (AvgIpc) is 2.95. The van der Waals surface area contributed by atoms with Crippen LogP contribution in [0.15, 0.2) is 18.2 Å². The van der Waals surface area contributed by atoms with Gasteiger partial charge in [-0.3, -0.25) is 4.79 Å². The molecule has 1 aromatic rings. The van der Waals surface area contributed by atoms with E-state index in [9.17, 15) is 9.18 Å². The highest BCUT2D eigenvalue weighted by Gasteiger charge is 2.38. The van der Waals surface area contributed by atoms with Crippen molar-refractivity contribution < 1.29 is 9.18 Å². The number of amides is 1. The van der Waals surface area contributed by atoms with Gasteiger partial charge in [-0.25, -0.2) is 4.39 Å². The van der Waals surface area contributed by atoms with Gasteiger partial charge >= 0.3 is 0 Å². The van der Waals surface area contributed by atoms with Gasteiger partial charge < -0.3 is 5.32 Å². The third kappa shape index (κ3) is 2.82. The number of halogens is 1. The molecule has 0 atom stereocenters. The SMILES string of the molecule is CCC1(C(=O)NCc2ccc(C#N)cc2F)CCCC1. The number of nitrogens with zero attached hydrogens (tertiary/aromatic N) is 1. The normalized spacial score (nSPS) is 16.6. The number of carbonyl (C=O) groups is 1. The van der Waals surface area contributed by atoms with Crippen LogP contribution >= 0.6 is 0 Å². The van der Waals surface area contributed by atoms with Crippen LogP contribution in [0.4, 0.5) is 4.39 Å². The van der Waals surface area contributed by atoms with Crippen molar-refractivity contribution in [2.45, 2.75) is 45.6 Å². The fourth-order valence-corrected chi connectivity index (χ4v) is 2.92. The Kier molecular flexibility index (Phi) is 4.39. The molecule has 0 heterocycles. The van der Waals surface area contributed by atoms with Crippen molar-refractivity contribution in [3.63, 3.8) is 0 Å². The maximum Gasteiger partial charge on any atom is 0.226 e.